The van der Waals surface area contributed by atoms with Gasteiger partial charge in [-0.2, -0.15) is 4.57 Å². The summed E-state index contributed by atoms with van der Waals surface area (Å²) in [5.74, 6) is -0.937. The van der Waals surface area contributed by atoms with Gasteiger partial charge >= 0.3 is 11.9 Å². The molecule has 0 bridgehead atoms. The Labute approximate surface area is 166 Å². The van der Waals surface area contributed by atoms with Gasteiger partial charge in [-0.1, -0.05) is 11.3 Å². The predicted octanol–water partition coefficient (Wildman–Crippen LogP) is -2.45. The summed E-state index contributed by atoms with van der Waals surface area (Å²) in [6.07, 6.45) is 1.88. The van der Waals surface area contributed by atoms with Crippen LogP contribution in [-0.2, 0) is 22.6 Å². The summed E-state index contributed by atoms with van der Waals surface area (Å²) in [5, 5.41) is 24.8. The first-order valence-electron chi connectivity index (χ1n) is 7.83. The molecule has 0 aliphatic carbocycles. The summed E-state index contributed by atoms with van der Waals surface area (Å²) >= 11 is 1.65. The zero-order valence-electron chi connectivity index (χ0n) is 15.1. The maximum absolute atomic E-state index is 9.64. The predicted molar refractivity (Wildman–Crippen MR) is 94.8 cm³/mol. The molecule has 0 aromatic carbocycles. The topological polar surface area (TPSA) is 151 Å². The van der Waals surface area contributed by atoms with Crippen molar-refractivity contribution in [2.75, 3.05) is 12.3 Å². The largest absolute Gasteiger partial charge is 1.00 e. The lowest BCUT2D eigenvalue weighted by molar-refractivity contribution is -0.689. The number of aliphatic hydroxyl groups is 1. The van der Waals surface area contributed by atoms with Gasteiger partial charge in [-0.25, -0.2) is 9.97 Å². The Morgan fingerprint density at radius 2 is 1.81 bits per heavy atom. The van der Waals surface area contributed by atoms with Gasteiger partial charge in [0.15, 0.2) is 12.2 Å². The Hall–Kier alpha value is -2.30. The first kappa shape index (κ1) is 24.7. The van der Waals surface area contributed by atoms with Gasteiger partial charge in [-0.15, -0.1) is 0 Å². The van der Waals surface area contributed by atoms with Crippen molar-refractivity contribution in [3.8, 4) is 0 Å². The molecule has 0 fully saturated rings. The van der Waals surface area contributed by atoms with Crippen molar-refractivity contribution in [3.63, 3.8) is 0 Å². The van der Waals surface area contributed by atoms with Gasteiger partial charge in [-0.05, 0) is 6.92 Å². The molecule has 2 aromatic rings. The Morgan fingerprint density at radius 3 is 2.30 bits per heavy atom. The number of nitrogens with zero attached hydrogens (tertiary/aromatic N) is 3. The van der Waals surface area contributed by atoms with Crippen LogP contribution in [-0.4, -0.2) is 43.8 Å². The molecule has 0 saturated carbocycles. The third-order valence-electron chi connectivity index (χ3n) is 3.41. The molecule has 11 heteroatoms. The monoisotopic (exact) mass is 418 g/mol. The zero-order chi connectivity index (χ0) is 19.7. The lowest BCUT2D eigenvalue weighted by Gasteiger charge is -2.01. The number of carboxylic acid groups (broad SMARTS) is 2. The number of aryl methyl sites for hydroxylation is 1. The zero-order valence-corrected chi connectivity index (χ0v) is 16.6. The molecule has 0 atom stereocenters. The first-order chi connectivity index (χ1) is 12.2. The summed E-state index contributed by atoms with van der Waals surface area (Å²) in [5.41, 5.74) is 10.0. The third-order valence-corrected chi connectivity index (χ3v) is 4.55. The van der Waals surface area contributed by atoms with E-state index < -0.39 is 11.9 Å². The van der Waals surface area contributed by atoms with E-state index in [0.29, 0.717) is 24.6 Å². The second-order valence-electron chi connectivity index (χ2n) is 5.45. The van der Waals surface area contributed by atoms with Crippen LogP contribution in [0.25, 0.3) is 0 Å². The van der Waals surface area contributed by atoms with E-state index in [1.54, 1.807) is 17.5 Å². The molecule has 0 spiro atoms. The standard InChI is InChI=1S/C12H17N4OS.C4H6O4.ClH/c1-8-11(3-4-17)18-7-16(8)6-10-5-14-9(2)15-12(10)13;5-3(6)1-2-4(7)8;/h5,7,17H,3-4,6H2,1-2H3,(H2,13,14,15);1-2H2,(H,5,6)(H,7,8);1H/q+1;;/p-1. The molecule has 150 valence electrons. The van der Waals surface area contributed by atoms with Crippen LogP contribution < -0.4 is 22.7 Å². The van der Waals surface area contributed by atoms with Crippen molar-refractivity contribution in [1.82, 2.24) is 9.97 Å². The van der Waals surface area contributed by atoms with Crippen molar-refractivity contribution in [3.05, 3.63) is 33.7 Å². The Kier molecular flexibility index (Phi) is 11.1. The molecule has 0 amide bonds. The fraction of sp³-hybridized carbons (Fsp3) is 0.438. The Bertz CT molecular complexity index is 755. The van der Waals surface area contributed by atoms with Crippen LogP contribution in [0.2, 0.25) is 0 Å². The molecule has 9 nitrogen and oxygen atoms in total. The molecule has 0 aliphatic heterocycles. The van der Waals surface area contributed by atoms with Crippen molar-refractivity contribution >= 4 is 29.1 Å². The Balaban J connectivity index is 0.000000645. The summed E-state index contributed by atoms with van der Waals surface area (Å²) < 4.78 is 2.11. The highest BCUT2D eigenvalue weighted by atomic mass is 35.5. The van der Waals surface area contributed by atoms with E-state index >= 15 is 0 Å². The number of halogens is 1. The second kappa shape index (κ2) is 12.2. The summed E-state index contributed by atoms with van der Waals surface area (Å²) in [4.78, 5) is 28.8. The van der Waals surface area contributed by atoms with Gasteiger partial charge in [0.25, 0.3) is 0 Å². The Morgan fingerprint density at radius 1 is 1.22 bits per heavy atom. The van der Waals surface area contributed by atoms with E-state index in [0.717, 1.165) is 11.3 Å². The maximum atomic E-state index is 9.64. The van der Waals surface area contributed by atoms with Gasteiger partial charge in [0, 0.05) is 26.1 Å². The minimum atomic E-state index is -1.08. The van der Waals surface area contributed by atoms with Crippen molar-refractivity contribution in [2.45, 2.75) is 39.7 Å². The van der Waals surface area contributed by atoms with Crippen LogP contribution in [0.1, 0.15) is 34.8 Å². The van der Waals surface area contributed by atoms with Gasteiger partial charge in [0.2, 0.25) is 5.51 Å². The minimum Gasteiger partial charge on any atom is -1.00 e. The summed E-state index contributed by atoms with van der Waals surface area (Å²) in [7, 11) is 0. The average molecular weight is 419 g/mol. The van der Waals surface area contributed by atoms with Gasteiger partial charge < -0.3 is 33.5 Å². The number of thiazole rings is 1. The van der Waals surface area contributed by atoms with Crippen LogP contribution in [0.5, 0.6) is 0 Å². The lowest BCUT2D eigenvalue weighted by Crippen LogP contribution is -3.00. The molecule has 0 radical (unpaired) electrons. The highest BCUT2D eigenvalue weighted by Crippen LogP contribution is 2.13. The molecule has 5 N–H and O–H groups in total. The van der Waals surface area contributed by atoms with Gasteiger partial charge in [0.1, 0.15) is 11.6 Å². The SMILES string of the molecule is Cc1ncc(C[n+]2csc(CCO)c2C)c(N)n1.O=C(O)CCC(=O)O.[Cl-]. The van der Waals surface area contributed by atoms with E-state index in [9.17, 15) is 9.59 Å². The number of hydrogen-bond acceptors (Lipinski definition) is 7. The number of rotatable bonds is 7. The molecule has 0 saturated heterocycles. The fourth-order valence-electron chi connectivity index (χ4n) is 1.98. The molecule has 2 heterocycles. The molecule has 0 aliphatic rings. The number of nitrogens with two attached hydrogens (primary N) is 1. The summed E-state index contributed by atoms with van der Waals surface area (Å²) in [6.45, 7) is 4.71. The summed E-state index contributed by atoms with van der Waals surface area (Å²) in [6, 6.07) is 0. The molecule has 2 rings (SSSR count). The molecule has 27 heavy (non-hydrogen) atoms. The first-order valence-corrected chi connectivity index (χ1v) is 8.71. The van der Waals surface area contributed by atoms with E-state index in [-0.39, 0.29) is 31.9 Å². The number of hydrogen-bond donors (Lipinski definition) is 4. The highest BCUT2D eigenvalue weighted by molar-refractivity contribution is 7.09. The lowest BCUT2D eigenvalue weighted by atomic mass is 10.2. The minimum absolute atomic E-state index is 0. The number of aliphatic carboxylic acids is 2. The number of carboxylic acids is 2. The number of carbonyl (C=O) groups is 2. The van der Waals surface area contributed by atoms with E-state index in [4.69, 9.17) is 21.1 Å². The van der Waals surface area contributed by atoms with Gasteiger partial charge in [0.05, 0.1) is 23.3 Å². The third kappa shape index (κ3) is 8.76. The van der Waals surface area contributed by atoms with Crippen LogP contribution in [0.15, 0.2) is 11.7 Å². The number of aromatic nitrogens is 3. The molecular formula is C16H23ClN4O5S. The van der Waals surface area contributed by atoms with E-state index in [1.807, 2.05) is 19.4 Å². The van der Waals surface area contributed by atoms with Gasteiger partial charge in [-0.3, -0.25) is 9.59 Å². The maximum Gasteiger partial charge on any atom is 0.303 e. The second-order valence-corrected chi connectivity index (χ2v) is 6.39. The number of nitrogen functional groups attached to an aromatic ring is 1. The van der Waals surface area contributed by atoms with Crippen molar-refractivity contribution in [2.24, 2.45) is 0 Å². The van der Waals surface area contributed by atoms with E-state index in [1.165, 1.54) is 4.88 Å². The van der Waals surface area contributed by atoms with Crippen LogP contribution >= 0.6 is 11.3 Å². The molecule has 0 unspecified atom stereocenters. The fourth-order valence-corrected chi connectivity index (χ4v) is 2.96. The van der Waals surface area contributed by atoms with Crippen LogP contribution in [0.3, 0.4) is 0 Å². The van der Waals surface area contributed by atoms with Crippen molar-refractivity contribution in [1.29, 1.82) is 0 Å². The quantitative estimate of drug-likeness (QED) is 0.362. The molecular weight excluding hydrogens is 396 g/mol. The smallest absolute Gasteiger partial charge is 0.303 e. The highest BCUT2D eigenvalue weighted by Gasteiger charge is 2.17. The van der Waals surface area contributed by atoms with E-state index in [2.05, 4.69) is 14.5 Å². The van der Waals surface area contributed by atoms with Crippen LogP contribution in [0, 0.1) is 13.8 Å². The molecule has 2 aromatic heterocycles. The number of anilines is 1. The average Bonchev–Trinajstić information content (AvgIpc) is 2.90. The number of aliphatic hydroxyl groups excluding tert-OH is 1. The van der Waals surface area contributed by atoms with Crippen molar-refractivity contribution < 1.29 is 41.9 Å². The van der Waals surface area contributed by atoms with Crippen LogP contribution in [0.4, 0.5) is 5.82 Å². The normalized spacial score (nSPS) is 9.74.